The molecule has 0 bridgehead atoms. The molecule has 0 unspecified atom stereocenters. The Morgan fingerprint density at radius 1 is 1.17 bits per heavy atom. The average Bonchev–Trinajstić information content (AvgIpc) is 2.37. The molecule has 0 saturated carbocycles. The minimum Gasteiger partial charge on any atom is -0.691 e. The first-order valence-corrected chi connectivity index (χ1v) is 5.80. The van der Waals surface area contributed by atoms with E-state index in [-0.39, 0.29) is 5.97 Å². The Bertz CT molecular complexity index is 569. The zero-order valence-corrected chi connectivity index (χ0v) is 10.2. The molecule has 0 radical (unpaired) electrons. The van der Waals surface area contributed by atoms with E-state index in [1.807, 2.05) is 24.3 Å². The van der Waals surface area contributed by atoms with Gasteiger partial charge in [0.15, 0.2) is 0 Å². The van der Waals surface area contributed by atoms with Gasteiger partial charge in [-0.1, -0.05) is 24.3 Å². The molecule has 0 aliphatic rings. The highest BCUT2D eigenvalue weighted by atomic mass is 32.2. The highest BCUT2D eigenvalue weighted by Crippen LogP contribution is 2.34. The summed E-state index contributed by atoms with van der Waals surface area (Å²) in [6.45, 7) is 1.34. The Morgan fingerprint density at radius 2 is 1.89 bits per heavy atom. The first-order chi connectivity index (χ1) is 8.72. The lowest BCUT2D eigenvalue weighted by atomic mass is 10.1. The molecule has 0 N–H and O–H groups in total. The molecule has 0 amide bonds. The van der Waals surface area contributed by atoms with E-state index in [0.29, 0.717) is 10.6 Å². The fraction of sp³-hybridized carbons (Fsp3) is 0.0833. The van der Waals surface area contributed by atoms with Gasteiger partial charge in [-0.3, -0.25) is 9.83 Å². The molecule has 2 aromatic carbocycles. The maximum atomic E-state index is 11.0. The van der Waals surface area contributed by atoms with Crippen molar-refractivity contribution in [3.63, 3.8) is 0 Å². The number of rotatable bonds is 4. The highest BCUT2D eigenvalue weighted by Gasteiger charge is 2.09. The van der Waals surface area contributed by atoms with Crippen molar-refractivity contribution >= 4 is 28.8 Å². The van der Waals surface area contributed by atoms with Crippen molar-refractivity contribution in [2.45, 2.75) is 11.8 Å². The largest absolute Gasteiger partial charge is 0.691 e. The Labute approximate surface area is 107 Å². The van der Waals surface area contributed by atoms with Crippen LogP contribution in [0.5, 0.6) is 5.75 Å². The summed E-state index contributed by atoms with van der Waals surface area (Å²) < 4.78 is 9.41. The van der Waals surface area contributed by atoms with Gasteiger partial charge in [-0.15, -0.1) is 0 Å². The second kappa shape index (κ2) is 5.83. The fourth-order valence-electron chi connectivity index (χ4n) is 1.61. The molecule has 0 atom stereocenters. The van der Waals surface area contributed by atoms with E-state index in [1.54, 1.807) is 12.1 Å². The maximum Gasteiger partial charge on any atom is 0.308 e. The molecule has 0 aliphatic carbocycles. The third-order valence-corrected chi connectivity index (χ3v) is 2.91. The van der Waals surface area contributed by atoms with E-state index in [2.05, 4.69) is 9.37 Å². The van der Waals surface area contributed by atoms with Crippen molar-refractivity contribution in [3.8, 4) is 5.75 Å². The smallest absolute Gasteiger partial charge is 0.308 e. The Kier molecular flexibility index (Phi) is 4.16. The van der Waals surface area contributed by atoms with Gasteiger partial charge in [0.05, 0.1) is 12.0 Å². The van der Waals surface area contributed by atoms with E-state index in [0.717, 1.165) is 22.8 Å². The van der Waals surface area contributed by atoms with Crippen LogP contribution in [0, 0.1) is 0 Å². The minimum atomic E-state index is -0.389. The fourth-order valence-corrected chi connectivity index (χ4v) is 2.10. The number of hydrogen-bond donors (Lipinski definition) is 0. The number of fused-ring (bicyclic) bond motifs is 1. The van der Waals surface area contributed by atoms with Gasteiger partial charge in [-0.05, 0) is 12.1 Å². The van der Waals surface area contributed by atoms with Crippen LogP contribution in [-0.4, -0.2) is 5.97 Å². The van der Waals surface area contributed by atoms with Gasteiger partial charge in [-0.25, -0.2) is 0 Å². The predicted octanol–water partition coefficient (Wildman–Crippen LogP) is 2.00. The van der Waals surface area contributed by atoms with Crippen LogP contribution in [0.1, 0.15) is 6.92 Å². The van der Waals surface area contributed by atoms with Gasteiger partial charge in [0.25, 0.3) is 0 Å². The molecule has 0 heterocycles. The zero-order chi connectivity index (χ0) is 13.0. The standard InChI is InChI=1S/C12H10O5S/c1-8(13)15-11-6-7-12(18-17-16-14)10-5-3-2-4-9(10)11/h2-7,14H,1H3/p-1. The molecule has 18 heavy (non-hydrogen) atoms. The van der Waals surface area contributed by atoms with Crippen LogP contribution in [0.3, 0.4) is 0 Å². The zero-order valence-electron chi connectivity index (χ0n) is 9.41. The third-order valence-electron chi connectivity index (χ3n) is 2.25. The van der Waals surface area contributed by atoms with Crippen molar-refractivity contribution in [1.29, 1.82) is 0 Å². The van der Waals surface area contributed by atoms with Crippen LogP contribution in [0.15, 0.2) is 41.3 Å². The van der Waals surface area contributed by atoms with E-state index >= 15 is 0 Å². The molecule has 0 fully saturated rings. The minimum absolute atomic E-state index is 0.389. The SMILES string of the molecule is CC(=O)Oc1ccc(SOO[O-])c2ccccc12. The molecule has 0 saturated heterocycles. The topological polar surface area (TPSA) is 67.8 Å². The summed E-state index contributed by atoms with van der Waals surface area (Å²) in [6.07, 6.45) is 0. The summed E-state index contributed by atoms with van der Waals surface area (Å²) in [7, 11) is 0. The van der Waals surface area contributed by atoms with Gasteiger partial charge in [0.1, 0.15) is 5.75 Å². The summed E-state index contributed by atoms with van der Waals surface area (Å²) in [5.41, 5.74) is 0. The van der Waals surface area contributed by atoms with Gasteiger partial charge >= 0.3 is 5.97 Å². The first kappa shape index (κ1) is 12.8. The van der Waals surface area contributed by atoms with Crippen molar-refractivity contribution in [2.75, 3.05) is 0 Å². The van der Waals surface area contributed by atoms with E-state index in [9.17, 15) is 10.1 Å². The van der Waals surface area contributed by atoms with Crippen LogP contribution < -0.4 is 9.99 Å². The van der Waals surface area contributed by atoms with Crippen molar-refractivity contribution < 1.29 is 24.2 Å². The molecule has 2 rings (SSSR count). The van der Waals surface area contributed by atoms with Gasteiger partial charge in [-0.2, -0.15) is 4.33 Å². The Balaban J connectivity index is 2.48. The number of esters is 1. The quantitative estimate of drug-likeness (QED) is 0.277. The monoisotopic (exact) mass is 265 g/mol. The van der Waals surface area contributed by atoms with Gasteiger partial charge < -0.3 is 9.99 Å². The van der Waals surface area contributed by atoms with Gasteiger partial charge in [0.2, 0.25) is 0 Å². The normalized spacial score (nSPS) is 10.6. The molecule has 0 aliphatic heterocycles. The summed E-state index contributed by atoms with van der Waals surface area (Å²) in [5.74, 6) is 0.0742. The molecule has 6 heteroatoms. The number of ether oxygens (including phenoxy) is 1. The molecule has 94 valence electrons. The molecule has 0 aromatic heterocycles. The van der Waals surface area contributed by atoms with Crippen LogP contribution in [0.25, 0.3) is 10.8 Å². The molecule has 5 nitrogen and oxygen atoms in total. The van der Waals surface area contributed by atoms with Crippen molar-refractivity contribution in [3.05, 3.63) is 36.4 Å². The van der Waals surface area contributed by atoms with Crippen molar-refractivity contribution in [1.82, 2.24) is 0 Å². The number of hydrogen-bond acceptors (Lipinski definition) is 6. The van der Waals surface area contributed by atoms with E-state index in [1.165, 1.54) is 6.92 Å². The Hall–Kier alpha value is -1.60. The second-order valence-electron chi connectivity index (χ2n) is 3.42. The maximum absolute atomic E-state index is 11.0. The highest BCUT2D eigenvalue weighted by molar-refractivity contribution is 7.94. The molecule has 2 aromatic rings. The second-order valence-corrected chi connectivity index (χ2v) is 4.16. The lowest BCUT2D eigenvalue weighted by molar-refractivity contribution is -0.777. The third kappa shape index (κ3) is 2.80. The predicted molar refractivity (Wildman–Crippen MR) is 63.3 cm³/mol. The Morgan fingerprint density at radius 3 is 2.56 bits per heavy atom. The summed E-state index contributed by atoms with van der Waals surface area (Å²) in [5, 5.41) is 14.7. The van der Waals surface area contributed by atoms with Crippen LogP contribution in [0.4, 0.5) is 0 Å². The first-order valence-electron chi connectivity index (χ1n) is 5.05. The lowest BCUT2D eigenvalue weighted by Crippen LogP contribution is -2.02. The number of carbonyl (C=O) groups is 1. The van der Waals surface area contributed by atoms with Crippen LogP contribution in [0.2, 0.25) is 0 Å². The summed E-state index contributed by atoms with van der Waals surface area (Å²) >= 11 is 0.802. The van der Waals surface area contributed by atoms with E-state index < -0.39 is 0 Å². The summed E-state index contributed by atoms with van der Waals surface area (Å²) in [4.78, 5) is 11.7. The van der Waals surface area contributed by atoms with Gasteiger partial charge in [0, 0.05) is 22.6 Å². The average molecular weight is 265 g/mol. The van der Waals surface area contributed by atoms with Crippen LogP contribution >= 0.6 is 12.0 Å². The molecule has 0 spiro atoms. The number of benzene rings is 2. The number of carbonyl (C=O) groups excluding carboxylic acids is 1. The summed E-state index contributed by atoms with van der Waals surface area (Å²) in [6, 6.07) is 10.6. The van der Waals surface area contributed by atoms with E-state index in [4.69, 9.17) is 4.74 Å². The van der Waals surface area contributed by atoms with Crippen LogP contribution in [-0.2, 0) is 14.2 Å². The van der Waals surface area contributed by atoms with Crippen molar-refractivity contribution in [2.24, 2.45) is 0 Å². The lowest BCUT2D eigenvalue weighted by Gasteiger charge is -2.10. The molecular weight excluding hydrogens is 256 g/mol. The molecular formula is C12H9O5S-.